The van der Waals surface area contributed by atoms with E-state index in [0.717, 1.165) is 5.69 Å². The molecule has 0 aliphatic carbocycles. The Balaban J connectivity index is 1.70. The summed E-state index contributed by atoms with van der Waals surface area (Å²) in [6, 6.07) is 16.3. The van der Waals surface area contributed by atoms with Crippen LogP contribution in [-0.4, -0.2) is 21.7 Å². The zero-order valence-electron chi connectivity index (χ0n) is 17.0. The lowest BCUT2D eigenvalue weighted by molar-refractivity contribution is 0.101. The number of hydrogen-bond donors (Lipinski definition) is 2. The van der Waals surface area contributed by atoms with Crippen molar-refractivity contribution in [2.75, 3.05) is 10.6 Å². The molecule has 6 nitrogen and oxygen atoms in total. The van der Waals surface area contributed by atoms with E-state index in [-0.39, 0.29) is 22.8 Å². The van der Waals surface area contributed by atoms with Gasteiger partial charge < -0.3 is 10.6 Å². The lowest BCUT2D eigenvalue weighted by atomic mass is 9.87. The normalized spacial score (nSPS) is 11.0. The van der Waals surface area contributed by atoms with Crippen LogP contribution in [0.1, 0.15) is 54.1 Å². The van der Waals surface area contributed by atoms with Crippen molar-refractivity contribution in [2.45, 2.75) is 33.1 Å². The van der Waals surface area contributed by atoms with E-state index in [1.165, 1.54) is 18.7 Å². The van der Waals surface area contributed by atoms with Crippen LogP contribution >= 0.6 is 0 Å². The highest BCUT2D eigenvalue weighted by molar-refractivity contribution is 6.03. The number of nitrogens with zero attached hydrogens (tertiary/aromatic N) is 2. The lowest BCUT2D eigenvalue weighted by Gasteiger charge is -2.19. The molecule has 3 aromatic rings. The predicted molar refractivity (Wildman–Crippen MR) is 115 cm³/mol. The molecule has 1 heterocycles. The third kappa shape index (κ3) is 5.25. The number of ketones is 1. The number of amides is 1. The summed E-state index contributed by atoms with van der Waals surface area (Å²) in [6.07, 6.45) is 1.52. The first-order valence-electron chi connectivity index (χ1n) is 9.35. The van der Waals surface area contributed by atoms with Crippen LogP contribution in [0.25, 0.3) is 0 Å². The molecule has 0 saturated carbocycles. The zero-order valence-corrected chi connectivity index (χ0v) is 17.0. The molecule has 0 radical (unpaired) electrons. The molecule has 0 bridgehead atoms. The van der Waals surface area contributed by atoms with Crippen molar-refractivity contribution >= 4 is 29.0 Å². The first kappa shape index (κ1) is 20.2. The van der Waals surface area contributed by atoms with E-state index in [4.69, 9.17) is 0 Å². The summed E-state index contributed by atoms with van der Waals surface area (Å²) in [4.78, 5) is 32.3. The highest BCUT2D eigenvalue weighted by Gasteiger charge is 2.14. The van der Waals surface area contributed by atoms with Gasteiger partial charge in [-0.05, 0) is 60.4 Å². The number of nitrogens with one attached hydrogen (secondary N) is 2. The first-order valence-corrected chi connectivity index (χ1v) is 9.35. The molecule has 0 aliphatic rings. The highest BCUT2D eigenvalue weighted by Crippen LogP contribution is 2.23. The smallest absolute Gasteiger partial charge is 0.274 e. The van der Waals surface area contributed by atoms with Crippen LogP contribution in [0.4, 0.5) is 17.3 Å². The van der Waals surface area contributed by atoms with E-state index < -0.39 is 0 Å². The van der Waals surface area contributed by atoms with Crippen LogP contribution in [0, 0.1) is 0 Å². The van der Waals surface area contributed by atoms with Crippen molar-refractivity contribution in [1.29, 1.82) is 0 Å². The van der Waals surface area contributed by atoms with Crippen LogP contribution in [0.2, 0.25) is 0 Å². The average molecular weight is 388 g/mol. The number of carbonyl (C=O) groups excluding carboxylic acids is 2. The van der Waals surface area contributed by atoms with Crippen LogP contribution in [0.5, 0.6) is 0 Å². The van der Waals surface area contributed by atoms with Gasteiger partial charge >= 0.3 is 0 Å². The monoisotopic (exact) mass is 388 g/mol. The molecule has 0 spiro atoms. The van der Waals surface area contributed by atoms with Gasteiger partial charge in [0.05, 0.1) is 0 Å². The van der Waals surface area contributed by atoms with Gasteiger partial charge in [-0.1, -0.05) is 32.9 Å². The Morgan fingerprint density at radius 3 is 2.07 bits per heavy atom. The summed E-state index contributed by atoms with van der Waals surface area (Å²) in [7, 11) is 0. The SMILES string of the molecule is CC(=O)c1ccc(Nc2nccc(C(=O)Nc3ccc(C(C)(C)C)cc3)n2)cc1. The van der Waals surface area contributed by atoms with E-state index in [1.54, 1.807) is 30.3 Å². The number of rotatable bonds is 5. The molecular formula is C23H24N4O2. The molecule has 0 atom stereocenters. The van der Waals surface area contributed by atoms with Gasteiger partial charge in [0, 0.05) is 23.1 Å². The van der Waals surface area contributed by atoms with Gasteiger partial charge in [0.2, 0.25) is 5.95 Å². The van der Waals surface area contributed by atoms with Crippen molar-refractivity contribution < 1.29 is 9.59 Å². The van der Waals surface area contributed by atoms with Gasteiger partial charge in [-0.25, -0.2) is 9.97 Å². The van der Waals surface area contributed by atoms with E-state index >= 15 is 0 Å². The van der Waals surface area contributed by atoms with Gasteiger partial charge in [-0.15, -0.1) is 0 Å². The Hall–Kier alpha value is -3.54. The van der Waals surface area contributed by atoms with E-state index in [1.807, 2.05) is 24.3 Å². The highest BCUT2D eigenvalue weighted by atomic mass is 16.2. The first-order chi connectivity index (χ1) is 13.7. The molecule has 29 heavy (non-hydrogen) atoms. The predicted octanol–water partition coefficient (Wildman–Crippen LogP) is 4.97. The second kappa shape index (κ2) is 8.22. The number of Topliss-reactive ketones (excluding diaryl/α,β-unsaturated/α-hetero) is 1. The Kier molecular flexibility index (Phi) is 5.73. The minimum Gasteiger partial charge on any atom is -0.324 e. The van der Waals surface area contributed by atoms with Crippen molar-refractivity contribution in [3.05, 3.63) is 77.6 Å². The van der Waals surface area contributed by atoms with Gasteiger partial charge in [0.1, 0.15) is 5.69 Å². The Bertz CT molecular complexity index is 1020. The number of aromatic nitrogens is 2. The lowest BCUT2D eigenvalue weighted by Crippen LogP contribution is -2.15. The summed E-state index contributed by atoms with van der Waals surface area (Å²) in [5.41, 5.74) is 3.56. The van der Waals surface area contributed by atoms with Crippen molar-refractivity contribution in [3.8, 4) is 0 Å². The summed E-state index contributed by atoms with van der Waals surface area (Å²) >= 11 is 0. The maximum atomic E-state index is 12.6. The maximum absolute atomic E-state index is 12.6. The minimum absolute atomic E-state index is 0.00185. The topological polar surface area (TPSA) is 84.0 Å². The fourth-order valence-electron chi connectivity index (χ4n) is 2.71. The Morgan fingerprint density at radius 1 is 0.862 bits per heavy atom. The fraction of sp³-hybridized carbons (Fsp3) is 0.217. The number of carbonyl (C=O) groups is 2. The van der Waals surface area contributed by atoms with E-state index in [0.29, 0.717) is 17.2 Å². The molecule has 2 N–H and O–H groups in total. The van der Waals surface area contributed by atoms with Crippen molar-refractivity contribution in [1.82, 2.24) is 9.97 Å². The molecule has 1 amide bonds. The fourth-order valence-corrected chi connectivity index (χ4v) is 2.71. The number of benzene rings is 2. The average Bonchev–Trinajstić information content (AvgIpc) is 2.68. The Morgan fingerprint density at radius 2 is 1.48 bits per heavy atom. The van der Waals surface area contributed by atoms with E-state index in [9.17, 15) is 9.59 Å². The summed E-state index contributed by atoms with van der Waals surface area (Å²) in [5, 5.41) is 5.89. The molecular weight excluding hydrogens is 364 g/mol. The third-order valence-electron chi connectivity index (χ3n) is 4.44. The van der Waals surface area contributed by atoms with Gasteiger partial charge in [0.15, 0.2) is 5.78 Å². The number of anilines is 3. The molecule has 0 unspecified atom stereocenters. The molecule has 0 saturated heterocycles. The Labute approximate surface area is 170 Å². The summed E-state index contributed by atoms with van der Waals surface area (Å²) in [5.74, 6) is -0.0100. The van der Waals surface area contributed by atoms with Crippen LogP contribution in [0.15, 0.2) is 60.8 Å². The second-order valence-electron chi connectivity index (χ2n) is 7.81. The standard InChI is InChI=1S/C23H24N4O2/c1-15(28)16-5-9-19(10-6-16)26-22-24-14-13-20(27-22)21(29)25-18-11-7-17(8-12-18)23(2,3)4/h5-14H,1-4H3,(H,25,29)(H,24,26,27). The van der Waals surface area contributed by atoms with E-state index in [2.05, 4.69) is 41.4 Å². The molecule has 0 aliphatic heterocycles. The van der Waals surface area contributed by atoms with Gasteiger partial charge in [0.25, 0.3) is 5.91 Å². The van der Waals surface area contributed by atoms with Crippen molar-refractivity contribution in [3.63, 3.8) is 0 Å². The summed E-state index contributed by atoms with van der Waals surface area (Å²) in [6.45, 7) is 7.95. The van der Waals surface area contributed by atoms with Gasteiger partial charge in [-0.2, -0.15) is 0 Å². The quantitative estimate of drug-likeness (QED) is 0.603. The van der Waals surface area contributed by atoms with Crippen LogP contribution < -0.4 is 10.6 Å². The zero-order chi connectivity index (χ0) is 21.0. The van der Waals surface area contributed by atoms with Crippen LogP contribution in [-0.2, 0) is 5.41 Å². The molecule has 6 heteroatoms. The minimum atomic E-state index is -0.314. The molecule has 0 fully saturated rings. The van der Waals surface area contributed by atoms with Crippen molar-refractivity contribution in [2.24, 2.45) is 0 Å². The molecule has 2 aromatic carbocycles. The van der Waals surface area contributed by atoms with Gasteiger partial charge in [-0.3, -0.25) is 9.59 Å². The molecule has 1 aromatic heterocycles. The number of hydrogen-bond acceptors (Lipinski definition) is 5. The molecule has 148 valence electrons. The van der Waals surface area contributed by atoms with Crippen LogP contribution in [0.3, 0.4) is 0 Å². The molecule has 3 rings (SSSR count). The maximum Gasteiger partial charge on any atom is 0.274 e. The largest absolute Gasteiger partial charge is 0.324 e. The third-order valence-corrected chi connectivity index (χ3v) is 4.44. The second-order valence-corrected chi connectivity index (χ2v) is 7.81. The summed E-state index contributed by atoms with van der Waals surface area (Å²) < 4.78 is 0.